The van der Waals surface area contributed by atoms with E-state index in [-0.39, 0.29) is 17.9 Å². The first-order valence-electron chi connectivity index (χ1n) is 8.11. The molecule has 0 aromatic heterocycles. The molecule has 2 aliphatic rings. The first kappa shape index (κ1) is 15.6. The van der Waals surface area contributed by atoms with Crippen LogP contribution in [0, 0.1) is 5.92 Å². The van der Waals surface area contributed by atoms with Gasteiger partial charge in [0.2, 0.25) is 5.91 Å². The van der Waals surface area contributed by atoms with Gasteiger partial charge in [-0.25, -0.2) is 0 Å². The molecule has 0 spiro atoms. The monoisotopic (exact) mass is 314 g/mol. The molecule has 1 saturated carbocycles. The first-order valence-corrected chi connectivity index (χ1v) is 8.11. The van der Waals surface area contributed by atoms with Crippen molar-refractivity contribution in [1.29, 1.82) is 0 Å². The minimum atomic E-state index is -0.164. The van der Waals surface area contributed by atoms with Crippen molar-refractivity contribution in [3.05, 3.63) is 35.9 Å². The lowest BCUT2D eigenvalue weighted by Crippen LogP contribution is -2.27. The maximum atomic E-state index is 12.4. The van der Waals surface area contributed by atoms with Crippen LogP contribution in [-0.2, 0) is 4.79 Å². The molecule has 1 aromatic rings. The van der Waals surface area contributed by atoms with E-state index in [0.29, 0.717) is 29.3 Å². The largest absolute Gasteiger partial charge is 0.497 e. The molecule has 1 fully saturated rings. The number of hydrogen-bond donors (Lipinski definition) is 2. The van der Waals surface area contributed by atoms with Crippen molar-refractivity contribution in [3.63, 3.8) is 0 Å². The van der Waals surface area contributed by atoms with Crippen LogP contribution in [0.5, 0.6) is 5.75 Å². The van der Waals surface area contributed by atoms with E-state index in [0.717, 1.165) is 25.7 Å². The molecule has 0 radical (unpaired) electrons. The van der Waals surface area contributed by atoms with Crippen LogP contribution in [0.4, 0.5) is 5.69 Å². The van der Waals surface area contributed by atoms with Gasteiger partial charge in [-0.05, 0) is 49.8 Å². The van der Waals surface area contributed by atoms with Gasteiger partial charge in [0.15, 0.2) is 0 Å². The number of nitrogens with one attached hydrogen (secondary N) is 2. The zero-order chi connectivity index (χ0) is 16.2. The number of rotatable bonds is 6. The van der Waals surface area contributed by atoms with Crippen molar-refractivity contribution in [1.82, 2.24) is 5.32 Å². The van der Waals surface area contributed by atoms with Crippen LogP contribution >= 0.6 is 0 Å². The fourth-order valence-electron chi connectivity index (χ4n) is 2.74. The second-order valence-corrected chi connectivity index (χ2v) is 6.18. The SMILES string of the molecule is COc1ccc(NC(=O)CC2C=CCC2)c(C(=O)NC2CC2)c1. The Bertz CT molecular complexity index is 635. The zero-order valence-electron chi connectivity index (χ0n) is 13.3. The Morgan fingerprint density at radius 1 is 1.26 bits per heavy atom. The molecule has 5 nitrogen and oxygen atoms in total. The third kappa shape index (κ3) is 4.12. The fraction of sp³-hybridized carbons (Fsp3) is 0.444. The van der Waals surface area contributed by atoms with Gasteiger partial charge < -0.3 is 15.4 Å². The van der Waals surface area contributed by atoms with E-state index >= 15 is 0 Å². The number of carbonyl (C=O) groups is 2. The Kier molecular flexibility index (Phi) is 4.65. The van der Waals surface area contributed by atoms with E-state index < -0.39 is 0 Å². The Morgan fingerprint density at radius 3 is 2.74 bits per heavy atom. The molecule has 5 heteroatoms. The Morgan fingerprint density at radius 2 is 2.09 bits per heavy atom. The summed E-state index contributed by atoms with van der Waals surface area (Å²) in [5.74, 6) is 0.675. The van der Waals surface area contributed by atoms with Crippen LogP contribution in [-0.4, -0.2) is 25.0 Å². The number of anilines is 1. The molecule has 1 aromatic carbocycles. The van der Waals surface area contributed by atoms with Crippen LogP contribution < -0.4 is 15.4 Å². The summed E-state index contributed by atoms with van der Waals surface area (Å²) in [6, 6.07) is 5.41. The summed E-state index contributed by atoms with van der Waals surface area (Å²) in [6.45, 7) is 0. The second kappa shape index (κ2) is 6.86. The normalized spacial score (nSPS) is 19.4. The second-order valence-electron chi connectivity index (χ2n) is 6.18. The molecule has 2 N–H and O–H groups in total. The van der Waals surface area contributed by atoms with Gasteiger partial charge in [-0.15, -0.1) is 0 Å². The van der Waals surface area contributed by atoms with Crippen LogP contribution in [0.2, 0.25) is 0 Å². The Balaban J connectivity index is 1.72. The van der Waals surface area contributed by atoms with E-state index in [1.807, 2.05) is 0 Å². The van der Waals surface area contributed by atoms with Crippen molar-refractivity contribution in [2.45, 2.75) is 38.1 Å². The molecular formula is C18H22N2O3. The minimum absolute atomic E-state index is 0.0628. The summed E-state index contributed by atoms with van der Waals surface area (Å²) in [5.41, 5.74) is 0.988. The number of methoxy groups -OCH3 is 1. The van der Waals surface area contributed by atoms with Crippen molar-refractivity contribution in [2.75, 3.05) is 12.4 Å². The zero-order valence-corrected chi connectivity index (χ0v) is 13.3. The predicted molar refractivity (Wildman–Crippen MR) is 88.6 cm³/mol. The first-order chi connectivity index (χ1) is 11.2. The summed E-state index contributed by atoms with van der Waals surface area (Å²) in [4.78, 5) is 24.6. The van der Waals surface area contributed by atoms with Crippen molar-refractivity contribution in [2.24, 2.45) is 5.92 Å². The molecule has 3 rings (SSSR count). The molecule has 2 amide bonds. The fourth-order valence-corrected chi connectivity index (χ4v) is 2.74. The van der Waals surface area contributed by atoms with Crippen LogP contribution in [0.1, 0.15) is 42.5 Å². The van der Waals surface area contributed by atoms with E-state index in [2.05, 4.69) is 22.8 Å². The number of ether oxygens (including phenoxy) is 1. The van der Waals surface area contributed by atoms with Gasteiger partial charge in [-0.2, -0.15) is 0 Å². The molecule has 0 bridgehead atoms. The van der Waals surface area contributed by atoms with E-state index in [1.165, 1.54) is 0 Å². The van der Waals surface area contributed by atoms with Crippen molar-refractivity contribution >= 4 is 17.5 Å². The standard InChI is InChI=1S/C18H22N2O3/c1-23-14-8-9-16(15(11-14)18(22)19-13-6-7-13)20-17(21)10-12-4-2-3-5-12/h2,4,8-9,11-13H,3,5-7,10H2,1H3,(H,19,22)(H,20,21). The van der Waals surface area contributed by atoms with Gasteiger partial charge in [-0.3, -0.25) is 9.59 Å². The van der Waals surface area contributed by atoms with Crippen molar-refractivity contribution in [3.8, 4) is 5.75 Å². The van der Waals surface area contributed by atoms with E-state index in [9.17, 15) is 9.59 Å². The highest BCUT2D eigenvalue weighted by Gasteiger charge is 2.25. The highest BCUT2D eigenvalue weighted by molar-refractivity contribution is 6.04. The predicted octanol–water partition coefficient (Wildman–Crippen LogP) is 2.88. The highest BCUT2D eigenvalue weighted by atomic mass is 16.5. The maximum Gasteiger partial charge on any atom is 0.253 e. The molecule has 1 atom stereocenters. The topological polar surface area (TPSA) is 67.4 Å². The molecule has 2 aliphatic carbocycles. The molecular weight excluding hydrogens is 292 g/mol. The van der Waals surface area contributed by atoms with E-state index in [1.54, 1.807) is 25.3 Å². The van der Waals surface area contributed by atoms with Gasteiger partial charge >= 0.3 is 0 Å². The summed E-state index contributed by atoms with van der Waals surface area (Å²) in [6.07, 6.45) is 8.75. The maximum absolute atomic E-state index is 12.4. The summed E-state index contributed by atoms with van der Waals surface area (Å²) in [5, 5.41) is 5.83. The number of allylic oxidation sites excluding steroid dienone is 2. The van der Waals surface area contributed by atoms with Crippen molar-refractivity contribution < 1.29 is 14.3 Å². The highest BCUT2D eigenvalue weighted by Crippen LogP contribution is 2.26. The molecule has 0 aliphatic heterocycles. The molecule has 122 valence electrons. The number of benzene rings is 1. The van der Waals surface area contributed by atoms with Crippen LogP contribution in [0.15, 0.2) is 30.4 Å². The Hall–Kier alpha value is -2.30. The third-order valence-electron chi connectivity index (χ3n) is 4.22. The third-order valence-corrected chi connectivity index (χ3v) is 4.22. The smallest absolute Gasteiger partial charge is 0.253 e. The molecule has 23 heavy (non-hydrogen) atoms. The molecule has 0 heterocycles. The van der Waals surface area contributed by atoms with Gasteiger partial charge in [0, 0.05) is 12.5 Å². The molecule has 1 unspecified atom stereocenters. The summed E-state index contributed by atoms with van der Waals surface area (Å²) < 4.78 is 5.19. The average molecular weight is 314 g/mol. The molecule has 0 saturated heterocycles. The van der Waals surface area contributed by atoms with Gasteiger partial charge in [0.25, 0.3) is 5.91 Å². The lowest BCUT2D eigenvalue weighted by atomic mass is 10.0. The van der Waals surface area contributed by atoms with Crippen LogP contribution in [0.25, 0.3) is 0 Å². The van der Waals surface area contributed by atoms with Crippen LogP contribution in [0.3, 0.4) is 0 Å². The van der Waals surface area contributed by atoms with Gasteiger partial charge in [-0.1, -0.05) is 12.2 Å². The quantitative estimate of drug-likeness (QED) is 0.793. The van der Waals surface area contributed by atoms with Gasteiger partial charge in [0.1, 0.15) is 5.75 Å². The number of carbonyl (C=O) groups excluding carboxylic acids is 2. The lowest BCUT2D eigenvalue weighted by molar-refractivity contribution is -0.116. The number of amides is 2. The van der Waals surface area contributed by atoms with Gasteiger partial charge in [0.05, 0.1) is 18.4 Å². The summed E-state index contributed by atoms with van der Waals surface area (Å²) >= 11 is 0. The average Bonchev–Trinajstić information content (AvgIpc) is 3.21. The number of hydrogen-bond acceptors (Lipinski definition) is 3. The Labute approximate surface area is 136 Å². The van der Waals surface area contributed by atoms with E-state index in [4.69, 9.17) is 4.74 Å². The lowest BCUT2D eigenvalue weighted by Gasteiger charge is -2.14. The minimum Gasteiger partial charge on any atom is -0.497 e. The summed E-state index contributed by atoms with van der Waals surface area (Å²) in [7, 11) is 1.56.